The molecule has 0 bridgehead atoms. The summed E-state index contributed by atoms with van der Waals surface area (Å²) in [7, 11) is 1.95. The van der Waals surface area contributed by atoms with Crippen LogP contribution in [0.3, 0.4) is 0 Å². The molecule has 0 saturated heterocycles. The second kappa shape index (κ2) is 21.4. The summed E-state index contributed by atoms with van der Waals surface area (Å²) >= 11 is 0. The fourth-order valence-corrected chi connectivity index (χ4v) is 2.21. The number of carbonyl (C=O) groups is 2. The molecule has 0 aromatic carbocycles. The number of nitrogens with zero attached hydrogens (tertiary/aromatic N) is 1. The Kier molecular flexibility index (Phi) is 20.5. The lowest BCUT2D eigenvalue weighted by atomic mass is 10.3. The Hall–Kier alpha value is -1.26. The maximum absolute atomic E-state index is 11.6. The first-order valence-corrected chi connectivity index (χ1v) is 10.4. The summed E-state index contributed by atoms with van der Waals surface area (Å²) in [6, 6.07) is 0. The minimum atomic E-state index is -0.239. The zero-order valence-corrected chi connectivity index (χ0v) is 18.1. The van der Waals surface area contributed by atoms with Crippen LogP contribution in [0.2, 0.25) is 0 Å². The van der Waals surface area contributed by atoms with Gasteiger partial charge in [-0.25, -0.2) is 0 Å². The Morgan fingerprint density at radius 2 is 1.21 bits per heavy atom. The van der Waals surface area contributed by atoms with Gasteiger partial charge in [-0.3, -0.25) is 9.59 Å². The van der Waals surface area contributed by atoms with E-state index in [1.807, 2.05) is 18.9 Å². The molecule has 0 aliphatic rings. The molecule has 0 atom stereocenters. The monoisotopic (exact) mass is 421 g/mol. The number of aliphatic hydroxyl groups excluding tert-OH is 1. The van der Waals surface area contributed by atoms with Crippen molar-refractivity contribution in [1.82, 2.24) is 4.90 Å². The van der Waals surface area contributed by atoms with Crippen LogP contribution < -0.4 is 0 Å². The van der Waals surface area contributed by atoms with Crippen molar-refractivity contribution < 1.29 is 38.4 Å². The molecule has 9 nitrogen and oxygen atoms in total. The second-order valence-corrected chi connectivity index (χ2v) is 6.51. The molecule has 0 unspecified atom stereocenters. The molecule has 0 spiro atoms. The Bertz CT molecular complexity index is 395. The third kappa shape index (κ3) is 21.3. The number of hydrogen-bond acceptors (Lipinski definition) is 9. The molecule has 0 aromatic heterocycles. The molecule has 0 aliphatic carbocycles. The van der Waals surface area contributed by atoms with E-state index < -0.39 is 0 Å². The highest BCUT2D eigenvalue weighted by Gasteiger charge is 2.05. The van der Waals surface area contributed by atoms with E-state index in [9.17, 15) is 9.59 Å². The van der Waals surface area contributed by atoms with Crippen LogP contribution in [0.1, 0.15) is 39.0 Å². The van der Waals surface area contributed by atoms with Crippen molar-refractivity contribution in [1.29, 1.82) is 0 Å². The predicted molar refractivity (Wildman–Crippen MR) is 108 cm³/mol. The summed E-state index contributed by atoms with van der Waals surface area (Å²) in [5.41, 5.74) is 0. The van der Waals surface area contributed by atoms with Gasteiger partial charge in [0.25, 0.3) is 0 Å². The summed E-state index contributed by atoms with van der Waals surface area (Å²) in [6.07, 6.45) is 3.25. The van der Waals surface area contributed by atoms with Gasteiger partial charge in [0.2, 0.25) is 0 Å². The lowest BCUT2D eigenvalue weighted by Gasteiger charge is -2.15. The highest BCUT2D eigenvalue weighted by Crippen LogP contribution is 1.96. The van der Waals surface area contributed by atoms with Crippen molar-refractivity contribution in [2.75, 3.05) is 79.6 Å². The molecule has 0 aromatic rings. The summed E-state index contributed by atoms with van der Waals surface area (Å²) in [4.78, 5) is 24.8. The van der Waals surface area contributed by atoms with Crippen LogP contribution in [-0.2, 0) is 33.3 Å². The SMILES string of the molecule is CCCC(=O)OCCOCCOCCOCCOC(=O)CCN(C)CCCCO. The van der Waals surface area contributed by atoms with Crippen LogP contribution in [-0.4, -0.2) is 102 Å². The number of aliphatic hydroxyl groups is 1. The highest BCUT2D eigenvalue weighted by molar-refractivity contribution is 5.69. The maximum atomic E-state index is 11.6. The number of rotatable bonds is 21. The van der Waals surface area contributed by atoms with Gasteiger partial charge in [0.05, 0.1) is 46.1 Å². The first kappa shape index (κ1) is 27.7. The predicted octanol–water partition coefficient (Wildman–Crippen LogP) is 1.02. The van der Waals surface area contributed by atoms with Gasteiger partial charge in [-0.05, 0) is 32.9 Å². The molecule has 0 amide bonds. The molecule has 1 N–H and O–H groups in total. The average molecular weight is 422 g/mol. The molecule has 9 heteroatoms. The van der Waals surface area contributed by atoms with Crippen LogP contribution in [0.4, 0.5) is 0 Å². The van der Waals surface area contributed by atoms with E-state index in [0.29, 0.717) is 59.0 Å². The Labute approximate surface area is 174 Å². The van der Waals surface area contributed by atoms with Gasteiger partial charge in [0.1, 0.15) is 13.2 Å². The molecule has 0 fully saturated rings. The number of hydrogen-bond donors (Lipinski definition) is 1. The number of esters is 2. The summed E-state index contributed by atoms with van der Waals surface area (Å²) < 4.78 is 26.0. The summed E-state index contributed by atoms with van der Waals surface area (Å²) in [5.74, 6) is -0.437. The van der Waals surface area contributed by atoms with Crippen molar-refractivity contribution in [2.45, 2.75) is 39.0 Å². The standard InChI is InChI=1S/C20H39NO8/c1-3-6-19(23)28-17-15-26-13-11-25-12-14-27-16-18-29-20(24)7-9-21(2)8-4-5-10-22/h22H,3-18H2,1-2H3. The van der Waals surface area contributed by atoms with E-state index in [2.05, 4.69) is 0 Å². The van der Waals surface area contributed by atoms with Crippen molar-refractivity contribution in [2.24, 2.45) is 0 Å². The minimum absolute atomic E-state index is 0.197. The average Bonchev–Trinajstić information content (AvgIpc) is 2.70. The fourth-order valence-electron chi connectivity index (χ4n) is 2.21. The third-order valence-electron chi connectivity index (χ3n) is 3.83. The normalized spacial score (nSPS) is 11.0. The van der Waals surface area contributed by atoms with Crippen LogP contribution >= 0.6 is 0 Å². The largest absolute Gasteiger partial charge is 0.463 e. The zero-order chi connectivity index (χ0) is 21.6. The van der Waals surface area contributed by atoms with E-state index in [-0.39, 0.29) is 31.8 Å². The van der Waals surface area contributed by atoms with Gasteiger partial charge in [-0.15, -0.1) is 0 Å². The van der Waals surface area contributed by atoms with Gasteiger partial charge >= 0.3 is 11.9 Å². The minimum Gasteiger partial charge on any atom is -0.463 e. The molecule has 0 saturated carbocycles. The lowest BCUT2D eigenvalue weighted by Crippen LogP contribution is -2.24. The topological polar surface area (TPSA) is 104 Å². The first-order chi connectivity index (χ1) is 14.1. The molecule has 172 valence electrons. The molecule has 0 rings (SSSR count). The van der Waals surface area contributed by atoms with Gasteiger partial charge in [-0.1, -0.05) is 6.92 Å². The molecule has 0 heterocycles. The van der Waals surface area contributed by atoms with Crippen LogP contribution in [0.15, 0.2) is 0 Å². The quantitative estimate of drug-likeness (QED) is 0.215. The summed E-state index contributed by atoms with van der Waals surface area (Å²) in [5, 5.41) is 8.74. The highest BCUT2D eigenvalue weighted by atomic mass is 16.6. The van der Waals surface area contributed by atoms with Crippen LogP contribution in [0, 0.1) is 0 Å². The summed E-state index contributed by atoms with van der Waals surface area (Å²) in [6.45, 7) is 6.53. The van der Waals surface area contributed by atoms with Gasteiger partial charge in [-0.2, -0.15) is 0 Å². The number of carbonyl (C=O) groups excluding carboxylic acids is 2. The van der Waals surface area contributed by atoms with E-state index in [1.165, 1.54) is 0 Å². The molecular formula is C20H39NO8. The molecular weight excluding hydrogens is 382 g/mol. The smallest absolute Gasteiger partial charge is 0.307 e. The van der Waals surface area contributed by atoms with Crippen LogP contribution in [0.5, 0.6) is 0 Å². The van der Waals surface area contributed by atoms with Gasteiger partial charge < -0.3 is 33.7 Å². The molecule has 0 radical (unpaired) electrons. The maximum Gasteiger partial charge on any atom is 0.307 e. The third-order valence-corrected chi connectivity index (χ3v) is 3.83. The lowest BCUT2D eigenvalue weighted by molar-refractivity contribution is -0.146. The molecule has 29 heavy (non-hydrogen) atoms. The Morgan fingerprint density at radius 3 is 1.69 bits per heavy atom. The van der Waals surface area contributed by atoms with Crippen molar-refractivity contribution in [3.63, 3.8) is 0 Å². The fraction of sp³-hybridized carbons (Fsp3) is 0.900. The van der Waals surface area contributed by atoms with E-state index in [0.717, 1.165) is 25.8 Å². The Morgan fingerprint density at radius 1 is 0.724 bits per heavy atom. The number of ether oxygens (including phenoxy) is 5. The first-order valence-electron chi connectivity index (χ1n) is 10.4. The second-order valence-electron chi connectivity index (χ2n) is 6.51. The Balaban J connectivity index is 3.26. The van der Waals surface area contributed by atoms with Crippen molar-refractivity contribution >= 4 is 11.9 Å². The molecule has 0 aliphatic heterocycles. The van der Waals surface area contributed by atoms with E-state index in [1.54, 1.807) is 0 Å². The van der Waals surface area contributed by atoms with Crippen LogP contribution in [0.25, 0.3) is 0 Å². The van der Waals surface area contributed by atoms with E-state index >= 15 is 0 Å². The van der Waals surface area contributed by atoms with Gasteiger partial charge in [0.15, 0.2) is 0 Å². The zero-order valence-electron chi connectivity index (χ0n) is 18.1. The van der Waals surface area contributed by atoms with Gasteiger partial charge in [0, 0.05) is 19.6 Å². The van der Waals surface area contributed by atoms with Crippen molar-refractivity contribution in [3.8, 4) is 0 Å². The van der Waals surface area contributed by atoms with E-state index in [4.69, 9.17) is 28.8 Å². The number of unbranched alkanes of at least 4 members (excludes halogenated alkanes) is 1. The van der Waals surface area contributed by atoms with Crippen molar-refractivity contribution in [3.05, 3.63) is 0 Å².